The molecule has 9 nitrogen and oxygen atoms in total. The zero-order valence-electron chi connectivity index (χ0n) is 21.9. The van der Waals surface area contributed by atoms with Gasteiger partial charge in [0.15, 0.2) is 0 Å². The van der Waals surface area contributed by atoms with Crippen LogP contribution >= 0.6 is 0 Å². The van der Waals surface area contributed by atoms with E-state index in [-0.39, 0.29) is 13.0 Å². The summed E-state index contributed by atoms with van der Waals surface area (Å²) in [5.41, 5.74) is 1.30. The highest BCUT2D eigenvalue weighted by Gasteiger charge is 2.34. The van der Waals surface area contributed by atoms with Gasteiger partial charge in [-0.15, -0.1) is 0 Å². The zero-order valence-corrected chi connectivity index (χ0v) is 21.9. The minimum Gasteiger partial charge on any atom is -0.468 e. The highest BCUT2D eigenvalue weighted by Crippen LogP contribution is 2.23. The van der Waals surface area contributed by atoms with Crippen molar-refractivity contribution in [1.82, 2.24) is 15.5 Å². The topological polar surface area (TPSA) is 114 Å². The van der Waals surface area contributed by atoms with Gasteiger partial charge in [-0.3, -0.25) is 14.4 Å². The standard InChI is InChI=1S/C28H35N3O6/c1-7-19-14-11-15-21(16-19)24(25(33)29-18-23(32)36-6)31(5)26(34)22(17-20-12-9-8-10-13-20)30-27(35)37-28(2,3)4/h7-16,22,24H,1,17-18H2,2-6H3,(H,29,33)(H,30,35). The van der Waals surface area contributed by atoms with Gasteiger partial charge in [0.2, 0.25) is 11.8 Å². The number of hydrogen-bond donors (Lipinski definition) is 2. The quantitative estimate of drug-likeness (QED) is 0.475. The summed E-state index contributed by atoms with van der Waals surface area (Å²) in [6.45, 7) is 8.57. The molecule has 2 N–H and O–H groups in total. The predicted molar refractivity (Wildman–Crippen MR) is 140 cm³/mol. The summed E-state index contributed by atoms with van der Waals surface area (Å²) in [6, 6.07) is 14.0. The van der Waals surface area contributed by atoms with Crippen LogP contribution in [0.1, 0.15) is 43.5 Å². The Morgan fingerprint density at radius 3 is 2.32 bits per heavy atom. The van der Waals surface area contributed by atoms with E-state index in [9.17, 15) is 19.2 Å². The molecule has 2 rings (SSSR count). The average Bonchev–Trinajstić information content (AvgIpc) is 2.86. The largest absolute Gasteiger partial charge is 0.468 e. The molecule has 0 fully saturated rings. The first-order chi connectivity index (χ1) is 17.4. The van der Waals surface area contributed by atoms with Crippen LogP contribution in [-0.2, 0) is 30.3 Å². The second-order valence-electron chi connectivity index (χ2n) is 9.41. The van der Waals surface area contributed by atoms with Crippen LogP contribution in [0.5, 0.6) is 0 Å². The van der Waals surface area contributed by atoms with Crippen LogP contribution in [0.2, 0.25) is 0 Å². The van der Waals surface area contributed by atoms with Crippen molar-refractivity contribution >= 4 is 30.0 Å². The van der Waals surface area contributed by atoms with Gasteiger partial charge in [-0.05, 0) is 43.5 Å². The molecule has 9 heteroatoms. The van der Waals surface area contributed by atoms with Gasteiger partial charge in [-0.25, -0.2) is 4.79 Å². The van der Waals surface area contributed by atoms with Crippen molar-refractivity contribution in [2.45, 2.75) is 44.9 Å². The van der Waals surface area contributed by atoms with E-state index in [2.05, 4.69) is 21.9 Å². The lowest BCUT2D eigenvalue weighted by Gasteiger charge is -2.31. The second-order valence-corrected chi connectivity index (χ2v) is 9.41. The monoisotopic (exact) mass is 509 g/mol. The molecular formula is C28H35N3O6. The van der Waals surface area contributed by atoms with Crippen LogP contribution in [0.4, 0.5) is 4.79 Å². The Bertz CT molecular complexity index is 1110. The normalized spacial score (nSPS) is 12.5. The van der Waals surface area contributed by atoms with E-state index in [1.165, 1.54) is 19.1 Å². The smallest absolute Gasteiger partial charge is 0.408 e. The van der Waals surface area contributed by atoms with Gasteiger partial charge in [0, 0.05) is 13.5 Å². The van der Waals surface area contributed by atoms with Gasteiger partial charge < -0.3 is 25.0 Å². The number of methoxy groups -OCH3 is 1. The number of carbonyl (C=O) groups is 4. The number of benzene rings is 2. The first kappa shape index (κ1) is 29.1. The Hall–Kier alpha value is -4.14. The van der Waals surface area contributed by atoms with E-state index in [1.54, 1.807) is 45.0 Å². The fourth-order valence-electron chi connectivity index (χ4n) is 3.61. The van der Waals surface area contributed by atoms with E-state index in [4.69, 9.17) is 4.74 Å². The van der Waals surface area contributed by atoms with E-state index in [0.29, 0.717) is 5.56 Å². The minimum absolute atomic E-state index is 0.173. The first-order valence-corrected chi connectivity index (χ1v) is 11.8. The summed E-state index contributed by atoms with van der Waals surface area (Å²) < 4.78 is 9.98. The minimum atomic E-state index is -1.10. The zero-order chi connectivity index (χ0) is 27.6. The molecule has 0 radical (unpaired) electrons. The molecule has 0 aliphatic heterocycles. The molecule has 0 aliphatic carbocycles. The van der Waals surface area contributed by atoms with Crippen molar-refractivity contribution in [1.29, 1.82) is 0 Å². The SMILES string of the molecule is C=Cc1cccc(C(C(=O)NCC(=O)OC)N(C)C(=O)C(Cc2ccccc2)NC(=O)OC(C)(C)C)c1. The number of nitrogens with zero attached hydrogens (tertiary/aromatic N) is 1. The third-order valence-corrected chi connectivity index (χ3v) is 5.35. The molecule has 0 spiro atoms. The number of hydrogen-bond acceptors (Lipinski definition) is 6. The Labute approximate surface area is 217 Å². The van der Waals surface area contributed by atoms with Crippen molar-refractivity contribution in [3.8, 4) is 0 Å². The van der Waals surface area contributed by atoms with Crippen LogP contribution in [0.25, 0.3) is 6.08 Å². The van der Waals surface area contributed by atoms with E-state index >= 15 is 0 Å². The summed E-state index contributed by atoms with van der Waals surface area (Å²) in [5.74, 6) is -1.73. The molecule has 198 valence electrons. The number of rotatable bonds is 10. The second kappa shape index (κ2) is 13.2. The Balaban J connectivity index is 2.41. The summed E-state index contributed by atoms with van der Waals surface area (Å²) in [7, 11) is 2.69. The van der Waals surface area contributed by atoms with E-state index in [0.717, 1.165) is 11.1 Å². The van der Waals surface area contributed by atoms with Gasteiger partial charge in [0.05, 0.1) is 7.11 Å². The molecule has 0 bridgehead atoms. The molecule has 3 amide bonds. The van der Waals surface area contributed by atoms with Crippen LogP contribution in [0.15, 0.2) is 61.2 Å². The Morgan fingerprint density at radius 2 is 1.73 bits per heavy atom. The number of ether oxygens (including phenoxy) is 2. The molecule has 0 aromatic heterocycles. The number of esters is 1. The highest BCUT2D eigenvalue weighted by atomic mass is 16.6. The number of likely N-dealkylation sites (N-methyl/N-ethyl adjacent to an activating group) is 1. The lowest BCUT2D eigenvalue weighted by molar-refractivity contribution is -0.143. The van der Waals surface area contributed by atoms with Gasteiger partial charge in [0.1, 0.15) is 24.2 Å². The maximum absolute atomic E-state index is 13.8. The van der Waals surface area contributed by atoms with Crippen molar-refractivity contribution in [2.24, 2.45) is 0 Å². The molecule has 37 heavy (non-hydrogen) atoms. The summed E-state index contributed by atoms with van der Waals surface area (Å²) in [4.78, 5) is 52.5. The highest BCUT2D eigenvalue weighted by molar-refractivity contribution is 5.93. The molecule has 2 unspecified atom stereocenters. The van der Waals surface area contributed by atoms with Crippen molar-refractivity contribution in [2.75, 3.05) is 20.7 Å². The summed E-state index contributed by atoms with van der Waals surface area (Å²) >= 11 is 0. The molecule has 0 heterocycles. The maximum atomic E-state index is 13.8. The van der Waals surface area contributed by atoms with Crippen LogP contribution in [-0.4, -0.2) is 61.1 Å². The van der Waals surface area contributed by atoms with Crippen LogP contribution in [0, 0.1) is 0 Å². The lowest BCUT2D eigenvalue weighted by atomic mass is 9.99. The van der Waals surface area contributed by atoms with E-state index < -0.39 is 41.6 Å². The first-order valence-electron chi connectivity index (χ1n) is 11.8. The van der Waals surface area contributed by atoms with Crippen LogP contribution < -0.4 is 10.6 Å². The van der Waals surface area contributed by atoms with Crippen molar-refractivity contribution in [3.05, 3.63) is 77.9 Å². The number of amides is 3. The van der Waals surface area contributed by atoms with Crippen molar-refractivity contribution < 1.29 is 28.7 Å². The predicted octanol–water partition coefficient (Wildman–Crippen LogP) is 3.25. The molecule has 2 aromatic carbocycles. The average molecular weight is 510 g/mol. The van der Waals surface area contributed by atoms with Gasteiger partial charge in [-0.1, -0.05) is 61.2 Å². The van der Waals surface area contributed by atoms with Gasteiger partial charge >= 0.3 is 12.1 Å². The molecule has 0 aliphatic rings. The van der Waals surface area contributed by atoms with Gasteiger partial charge in [0.25, 0.3) is 0 Å². The third kappa shape index (κ3) is 9.10. The van der Waals surface area contributed by atoms with Gasteiger partial charge in [-0.2, -0.15) is 0 Å². The molecule has 0 saturated carbocycles. The lowest BCUT2D eigenvalue weighted by Crippen LogP contribution is -2.52. The van der Waals surface area contributed by atoms with Crippen molar-refractivity contribution in [3.63, 3.8) is 0 Å². The number of carbonyl (C=O) groups excluding carboxylic acids is 4. The fourth-order valence-corrected chi connectivity index (χ4v) is 3.61. The molecule has 2 atom stereocenters. The molecular weight excluding hydrogens is 474 g/mol. The number of alkyl carbamates (subject to hydrolysis) is 1. The molecule has 2 aromatic rings. The van der Waals surface area contributed by atoms with E-state index in [1.807, 2.05) is 36.4 Å². The fraction of sp³-hybridized carbons (Fsp3) is 0.357. The van der Waals surface area contributed by atoms with Crippen LogP contribution in [0.3, 0.4) is 0 Å². The molecule has 0 saturated heterocycles. The number of nitrogens with one attached hydrogen (secondary N) is 2. The summed E-state index contributed by atoms with van der Waals surface area (Å²) in [5, 5.41) is 5.18. The maximum Gasteiger partial charge on any atom is 0.408 e. The Morgan fingerprint density at radius 1 is 1.05 bits per heavy atom. The summed E-state index contributed by atoms with van der Waals surface area (Å²) in [6.07, 6.45) is 1.04. The Kier molecular flexibility index (Phi) is 10.4. The third-order valence-electron chi connectivity index (χ3n) is 5.35.